The van der Waals surface area contributed by atoms with Gasteiger partial charge < -0.3 is 5.11 Å². The fraction of sp³-hybridized carbons (Fsp3) is 0.500. The largest absolute Gasteiger partial charge is 0.380 e. The monoisotopic (exact) mass is 230 g/mol. The van der Waals surface area contributed by atoms with E-state index in [9.17, 15) is 5.11 Å². The zero-order valence-corrected chi connectivity index (χ0v) is 11.1. The predicted molar refractivity (Wildman–Crippen MR) is 72.9 cm³/mol. The minimum Gasteiger partial charge on any atom is -0.380 e. The molecule has 1 atom stereocenters. The second-order valence-electron chi connectivity index (χ2n) is 4.53. The van der Waals surface area contributed by atoms with Crippen molar-refractivity contribution in [3.05, 3.63) is 34.9 Å². The van der Waals surface area contributed by atoms with Crippen LogP contribution in [-0.2, 0) is 0 Å². The van der Waals surface area contributed by atoms with Crippen molar-refractivity contribution >= 4 is 0 Å². The molecule has 1 rings (SSSR count). The van der Waals surface area contributed by atoms with Crippen LogP contribution in [-0.4, -0.2) is 11.2 Å². The number of hydrogen-bond acceptors (Lipinski definition) is 1. The van der Waals surface area contributed by atoms with E-state index in [4.69, 9.17) is 0 Å². The quantitative estimate of drug-likeness (QED) is 0.619. The van der Waals surface area contributed by atoms with Gasteiger partial charge in [-0.15, -0.1) is 0 Å². The van der Waals surface area contributed by atoms with Crippen molar-refractivity contribution in [3.63, 3.8) is 0 Å². The highest BCUT2D eigenvalue weighted by Gasteiger charge is 2.00. The van der Waals surface area contributed by atoms with Gasteiger partial charge in [-0.05, 0) is 43.9 Å². The lowest BCUT2D eigenvalue weighted by Crippen LogP contribution is -2.02. The number of aliphatic hydroxyl groups is 1. The third-order valence-corrected chi connectivity index (χ3v) is 3.06. The van der Waals surface area contributed by atoms with Gasteiger partial charge in [0.1, 0.15) is 6.10 Å². The molecule has 0 aliphatic heterocycles. The normalized spacial score (nSPS) is 11.8. The third-order valence-electron chi connectivity index (χ3n) is 3.06. The molecule has 1 N–H and O–H groups in total. The summed E-state index contributed by atoms with van der Waals surface area (Å²) < 4.78 is 0. The number of hydrogen-bond donors (Lipinski definition) is 1. The standard InChI is InChI=1S/C16H22O/c1-4-5-6-10-16(17)12-11-15-9-7-8-13(2)14(15)3/h7-9,16-17H,4-6,10H2,1-3H3. The maximum Gasteiger partial charge on any atom is 0.115 e. The summed E-state index contributed by atoms with van der Waals surface area (Å²) in [6.07, 6.45) is 3.70. The van der Waals surface area contributed by atoms with Crippen LogP contribution in [0.1, 0.15) is 49.3 Å². The van der Waals surface area contributed by atoms with E-state index in [1.807, 2.05) is 12.1 Å². The molecule has 1 aromatic carbocycles. The first kappa shape index (κ1) is 13.8. The summed E-state index contributed by atoms with van der Waals surface area (Å²) in [6.45, 7) is 6.31. The first-order valence-corrected chi connectivity index (χ1v) is 6.41. The Morgan fingerprint density at radius 1 is 1.24 bits per heavy atom. The highest BCUT2D eigenvalue weighted by molar-refractivity contribution is 5.44. The molecule has 0 fully saturated rings. The highest BCUT2D eigenvalue weighted by Crippen LogP contribution is 2.11. The SMILES string of the molecule is CCCCCC(O)C#Cc1cccc(C)c1C. The fourth-order valence-corrected chi connectivity index (χ4v) is 1.71. The molecule has 92 valence electrons. The Kier molecular flexibility index (Phi) is 5.80. The molecule has 0 spiro atoms. The Bertz CT molecular complexity index is 409. The lowest BCUT2D eigenvalue weighted by Gasteiger charge is -2.03. The molecule has 0 bridgehead atoms. The van der Waals surface area contributed by atoms with E-state index in [0.29, 0.717) is 0 Å². The van der Waals surface area contributed by atoms with Crippen molar-refractivity contribution in [2.45, 2.75) is 52.6 Å². The Morgan fingerprint density at radius 3 is 2.71 bits per heavy atom. The molecular weight excluding hydrogens is 208 g/mol. The van der Waals surface area contributed by atoms with Gasteiger partial charge in [0, 0.05) is 5.56 Å². The molecule has 1 aromatic rings. The van der Waals surface area contributed by atoms with Crippen LogP contribution in [0.5, 0.6) is 0 Å². The van der Waals surface area contributed by atoms with Crippen molar-refractivity contribution in [2.75, 3.05) is 0 Å². The molecule has 1 unspecified atom stereocenters. The topological polar surface area (TPSA) is 20.2 Å². The van der Waals surface area contributed by atoms with Crippen molar-refractivity contribution in [1.82, 2.24) is 0 Å². The summed E-state index contributed by atoms with van der Waals surface area (Å²) >= 11 is 0. The van der Waals surface area contributed by atoms with Gasteiger partial charge in [0.05, 0.1) is 0 Å². The van der Waals surface area contributed by atoms with Crippen LogP contribution >= 0.6 is 0 Å². The van der Waals surface area contributed by atoms with Crippen LogP contribution in [0.25, 0.3) is 0 Å². The van der Waals surface area contributed by atoms with Crippen molar-refractivity contribution < 1.29 is 5.11 Å². The number of unbranched alkanes of at least 4 members (excludes halogenated alkanes) is 2. The summed E-state index contributed by atoms with van der Waals surface area (Å²) in [5.74, 6) is 6.01. The zero-order chi connectivity index (χ0) is 12.7. The Labute approximate surface area is 105 Å². The Morgan fingerprint density at radius 2 is 2.00 bits per heavy atom. The van der Waals surface area contributed by atoms with E-state index in [0.717, 1.165) is 18.4 Å². The third kappa shape index (κ3) is 4.63. The molecular formula is C16H22O. The van der Waals surface area contributed by atoms with Gasteiger partial charge in [-0.3, -0.25) is 0 Å². The van der Waals surface area contributed by atoms with Crippen LogP contribution < -0.4 is 0 Å². The number of aryl methyl sites for hydroxylation is 1. The number of benzene rings is 1. The first-order chi connectivity index (χ1) is 8.15. The van der Waals surface area contributed by atoms with Crippen LogP contribution in [0, 0.1) is 25.7 Å². The second-order valence-corrected chi connectivity index (χ2v) is 4.53. The minimum atomic E-state index is -0.485. The van der Waals surface area contributed by atoms with Crippen molar-refractivity contribution in [3.8, 4) is 11.8 Å². The van der Waals surface area contributed by atoms with Gasteiger partial charge in [-0.25, -0.2) is 0 Å². The van der Waals surface area contributed by atoms with E-state index in [1.165, 1.54) is 24.0 Å². The summed E-state index contributed by atoms with van der Waals surface area (Å²) in [5, 5.41) is 9.72. The maximum atomic E-state index is 9.72. The summed E-state index contributed by atoms with van der Waals surface area (Å²) in [5.41, 5.74) is 3.48. The molecule has 0 aromatic heterocycles. The zero-order valence-electron chi connectivity index (χ0n) is 11.1. The van der Waals surface area contributed by atoms with Gasteiger partial charge in [-0.1, -0.05) is 43.7 Å². The second kappa shape index (κ2) is 7.14. The first-order valence-electron chi connectivity index (χ1n) is 6.41. The van der Waals surface area contributed by atoms with Gasteiger partial charge >= 0.3 is 0 Å². The van der Waals surface area contributed by atoms with Gasteiger partial charge in [0.2, 0.25) is 0 Å². The van der Waals surface area contributed by atoms with Crippen molar-refractivity contribution in [2.24, 2.45) is 0 Å². The number of rotatable bonds is 4. The molecule has 0 saturated heterocycles. The molecule has 0 saturated carbocycles. The van der Waals surface area contributed by atoms with Crippen LogP contribution in [0.15, 0.2) is 18.2 Å². The predicted octanol–water partition coefficient (Wildman–Crippen LogP) is 3.60. The summed E-state index contributed by atoms with van der Waals surface area (Å²) in [6, 6.07) is 6.10. The lowest BCUT2D eigenvalue weighted by molar-refractivity contribution is 0.217. The summed E-state index contributed by atoms with van der Waals surface area (Å²) in [7, 11) is 0. The van der Waals surface area contributed by atoms with E-state index in [2.05, 4.69) is 38.7 Å². The average Bonchev–Trinajstić information content (AvgIpc) is 2.31. The Balaban J connectivity index is 2.61. The smallest absolute Gasteiger partial charge is 0.115 e. The molecule has 0 heterocycles. The average molecular weight is 230 g/mol. The lowest BCUT2D eigenvalue weighted by atomic mass is 10.0. The molecule has 0 radical (unpaired) electrons. The molecule has 17 heavy (non-hydrogen) atoms. The van der Waals surface area contributed by atoms with E-state index in [-0.39, 0.29) is 0 Å². The molecule has 0 aliphatic carbocycles. The van der Waals surface area contributed by atoms with Crippen LogP contribution in [0.4, 0.5) is 0 Å². The maximum absolute atomic E-state index is 9.72. The number of aliphatic hydroxyl groups excluding tert-OH is 1. The van der Waals surface area contributed by atoms with Crippen LogP contribution in [0.2, 0.25) is 0 Å². The van der Waals surface area contributed by atoms with E-state index < -0.39 is 6.10 Å². The fourth-order valence-electron chi connectivity index (χ4n) is 1.71. The van der Waals surface area contributed by atoms with Gasteiger partial charge in [-0.2, -0.15) is 0 Å². The van der Waals surface area contributed by atoms with E-state index in [1.54, 1.807) is 0 Å². The Hall–Kier alpha value is -1.26. The van der Waals surface area contributed by atoms with E-state index >= 15 is 0 Å². The minimum absolute atomic E-state index is 0.485. The van der Waals surface area contributed by atoms with Crippen molar-refractivity contribution in [1.29, 1.82) is 0 Å². The highest BCUT2D eigenvalue weighted by atomic mass is 16.3. The molecule has 1 heteroatoms. The summed E-state index contributed by atoms with van der Waals surface area (Å²) in [4.78, 5) is 0. The molecule has 0 aliphatic rings. The van der Waals surface area contributed by atoms with Gasteiger partial charge in [0.15, 0.2) is 0 Å². The molecule has 0 amide bonds. The van der Waals surface area contributed by atoms with Crippen LogP contribution in [0.3, 0.4) is 0 Å². The van der Waals surface area contributed by atoms with Gasteiger partial charge in [0.25, 0.3) is 0 Å². The molecule has 1 nitrogen and oxygen atoms in total.